The van der Waals surface area contributed by atoms with E-state index < -0.39 is 5.76 Å². The van der Waals surface area contributed by atoms with E-state index in [-0.39, 0.29) is 16.3 Å². The molecule has 0 aliphatic rings. The fourth-order valence-corrected chi connectivity index (χ4v) is 3.22. The SMILES string of the molecule is CC(Oc1cc(C(C)(C)C)ccc1C(C)(C)C)SCc1c[nH]c(=O)o1. The van der Waals surface area contributed by atoms with Crippen molar-refractivity contribution in [2.75, 3.05) is 0 Å². The molecule has 0 fully saturated rings. The zero-order chi connectivity index (χ0) is 18.8. The topological polar surface area (TPSA) is 55.2 Å². The maximum atomic E-state index is 11.0. The van der Waals surface area contributed by atoms with E-state index in [0.29, 0.717) is 11.5 Å². The van der Waals surface area contributed by atoms with E-state index in [1.807, 2.05) is 6.92 Å². The molecule has 25 heavy (non-hydrogen) atoms. The van der Waals surface area contributed by atoms with Crippen LogP contribution in [0.4, 0.5) is 0 Å². The second-order valence-electron chi connectivity index (χ2n) is 8.35. The second-order valence-corrected chi connectivity index (χ2v) is 9.64. The molecule has 1 heterocycles. The van der Waals surface area contributed by atoms with Crippen molar-refractivity contribution in [3.8, 4) is 5.75 Å². The van der Waals surface area contributed by atoms with Gasteiger partial charge in [-0.25, -0.2) is 4.79 Å². The predicted octanol–water partition coefficient (Wildman–Crippen LogP) is 5.22. The molecule has 138 valence electrons. The normalized spacial score (nSPS) is 13.7. The van der Waals surface area contributed by atoms with E-state index in [9.17, 15) is 4.79 Å². The summed E-state index contributed by atoms with van der Waals surface area (Å²) in [6.45, 7) is 15.2. The summed E-state index contributed by atoms with van der Waals surface area (Å²) in [7, 11) is 0. The monoisotopic (exact) mass is 363 g/mol. The third-order valence-corrected chi connectivity index (χ3v) is 5.00. The Balaban J connectivity index is 2.18. The van der Waals surface area contributed by atoms with Gasteiger partial charge in [-0.3, -0.25) is 4.98 Å². The van der Waals surface area contributed by atoms with E-state index in [2.05, 4.69) is 64.7 Å². The highest BCUT2D eigenvalue weighted by Crippen LogP contribution is 2.36. The number of aromatic amines is 1. The number of rotatable bonds is 5. The Morgan fingerprint density at radius 3 is 2.36 bits per heavy atom. The van der Waals surface area contributed by atoms with Crippen LogP contribution in [0.3, 0.4) is 0 Å². The van der Waals surface area contributed by atoms with Crippen molar-refractivity contribution in [1.82, 2.24) is 4.98 Å². The number of H-pyrrole nitrogens is 1. The fourth-order valence-electron chi connectivity index (χ4n) is 2.51. The average molecular weight is 364 g/mol. The van der Waals surface area contributed by atoms with Gasteiger partial charge in [-0.2, -0.15) is 0 Å². The Hall–Kier alpha value is -1.62. The third-order valence-electron chi connectivity index (χ3n) is 3.98. The van der Waals surface area contributed by atoms with Crippen LogP contribution in [0.25, 0.3) is 0 Å². The summed E-state index contributed by atoms with van der Waals surface area (Å²) >= 11 is 1.60. The smallest absolute Gasteiger partial charge is 0.416 e. The zero-order valence-electron chi connectivity index (χ0n) is 16.2. The van der Waals surface area contributed by atoms with Crippen molar-refractivity contribution < 1.29 is 9.15 Å². The standard InChI is InChI=1S/C20H29NO3S/c1-13(25-12-15-11-21-18(22)24-15)23-17-10-14(19(2,3)4)8-9-16(17)20(5,6)7/h8-11,13H,12H2,1-7H3,(H,21,22). The Kier molecular flexibility index (Phi) is 5.77. The summed E-state index contributed by atoms with van der Waals surface area (Å²) in [6.07, 6.45) is 1.60. The van der Waals surface area contributed by atoms with Gasteiger partial charge in [0.1, 0.15) is 16.9 Å². The van der Waals surface area contributed by atoms with Crippen molar-refractivity contribution in [2.24, 2.45) is 0 Å². The maximum absolute atomic E-state index is 11.0. The van der Waals surface area contributed by atoms with Gasteiger partial charge in [0.15, 0.2) is 0 Å². The van der Waals surface area contributed by atoms with Gasteiger partial charge in [0, 0.05) is 6.20 Å². The molecule has 1 aromatic heterocycles. The highest BCUT2D eigenvalue weighted by atomic mass is 32.2. The summed E-state index contributed by atoms with van der Waals surface area (Å²) in [5, 5.41) is 0. The van der Waals surface area contributed by atoms with E-state index >= 15 is 0 Å². The second kappa shape index (κ2) is 7.32. The Labute approximate surface area is 154 Å². The van der Waals surface area contributed by atoms with Crippen LogP contribution >= 0.6 is 11.8 Å². The lowest BCUT2D eigenvalue weighted by Crippen LogP contribution is -2.18. The van der Waals surface area contributed by atoms with Crippen LogP contribution in [0.5, 0.6) is 5.75 Å². The highest BCUT2D eigenvalue weighted by molar-refractivity contribution is 7.98. The van der Waals surface area contributed by atoms with Crippen molar-refractivity contribution in [2.45, 2.75) is 70.5 Å². The minimum atomic E-state index is -0.419. The van der Waals surface area contributed by atoms with E-state index in [4.69, 9.17) is 9.15 Å². The fraction of sp³-hybridized carbons (Fsp3) is 0.550. The van der Waals surface area contributed by atoms with Gasteiger partial charge >= 0.3 is 5.76 Å². The molecule has 0 amide bonds. The van der Waals surface area contributed by atoms with Crippen LogP contribution in [0, 0.1) is 0 Å². The van der Waals surface area contributed by atoms with Crippen molar-refractivity contribution >= 4 is 11.8 Å². The molecule has 0 radical (unpaired) electrons. The van der Waals surface area contributed by atoms with Crippen LogP contribution < -0.4 is 10.5 Å². The predicted molar refractivity (Wildman–Crippen MR) is 105 cm³/mol. The number of benzene rings is 1. The summed E-state index contributed by atoms with van der Waals surface area (Å²) in [5.74, 6) is 1.72. The van der Waals surface area contributed by atoms with Crippen molar-refractivity contribution in [1.29, 1.82) is 0 Å². The molecule has 5 heteroatoms. The van der Waals surface area contributed by atoms with Gasteiger partial charge in [0.25, 0.3) is 0 Å². The van der Waals surface area contributed by atoms with Crippen LogP contribution in [0.15, 0.2) is 33.6 Å². The van der Waals surface area contributed by atoms with Crippen LogP contribution in [0.2, 0.25) is 0 Å². The summed E-state index contributed by atoms with van der Waals surface area (Å²) in [6, 6.07) is 6.53. The molecule has 1 atom stereocenters. The summed E-state index contributed by atoms with van der Waals surface area (Å²) < 4.78 is 11.3. The molecule has 1 N–H and O–H groups in total. The molecule has 4 nitrogen and oxygen atoms in total. The Morgan fingerprint density at radius 1 is 1.16 bits per heavy atom. The number of oxazole rings is 1. The summed E-state index contributed by atoms with van der Waals surface area (Å²) in [5.41, 5.74) is 2.46. The third kappa shape index (κ3) is 5.43. The van der Waals surface area contributed by atoms with Gasteiger partial charge in [0.2, 0.25) is 0 Å². The van der Waals surface area contributed by atoms with Crippen LogP contribution in [-0.4, -0.2) is 10.4 Å². The number of nitrogens with one attached hydrogen (secondary N) is 1. The molecular weight excluding hydrogens is 334 g/mol. The molecule has 1 unspecified atom stereocenters. The first-order valence-corrected chi connectivity index (χ1v) is 9.62. The van der Waals surface area contributed by atoms with E-state index in [1.165, 1.54) is 11.1 Å². The number of aromatic nitrogens is 1. The van der Waals surface area contributed by atoms with E-state index in [1.54, 1.807) is 18.0 Å². The summed E-state index contributed by atoms with van der Waals surface area (Å²) in [4.78, 5) is 13.6. The molecular formula is C20H29NO3S. The lowest BCUT2D eigenvalue weighted by atomic mass is 9.81. The number of ether oxygens (including phenoxy) is 1. The molecule has 0 bridgehead atoms. The number of thioether (sulfide) groups is 1. The minimum absolute atomic E-state index is 0.00354. The average Bonchev–Trinajstić information content (AvgIpc) is 2.88. The number of hydrogen-bond donors (Lipinski definition) is 1. The van der Waals surface area contributed by atoms with E-state index in [0.717, 1.165) is 5.75 Å². The molecule has 2 aromatic rings. The molecule has 1 aromatic carbocycles. The van der Waals surface area contributed by atoms with Gasteiger partial charge in [-0.15, -0.1) is 11.8 Å². The van der Waals surface area contributed by atoms with Crippen LogP contribution in [-0.2, 0) is 16.6 Å². The maximum Gasteiger partial charge on any atom is 0.416 e. The lowest BCUT2D eigenvalue weighted by molar-refractivity contribution is 0.298. The largest absolute Gasteiger partial charge is 0.480 e. The molecule has 0 aliphatic heterocycles. The quantitative estimate of drug-likeness (QED) is 0.740. The highest BCUT2D eigenvalue weighted by Gasteiger charge is 2.23. The first-order chi connectivity index (χ1) is 11.5. The number of hydrogen-bond acceptors (Lipinski definition) is 4. The molecule has 0 spiro atoms. The van der Waals surface area contributed by atoms with Crippen molar-refractivity contribution in [3.05, 3.63) is 51.8 Å². The molecule has 0 aliphatic carbocycles. The van der Waals surface area contributed by atoms with Crippen molar-refractivity contribution in [3.63, 3.8) is 0 Å². The first kappa shape index (κ1) is 19.7. The van der Waals surface area contributed by atoms with Gasteiger partial charge in [-0.1, -0.05) is 53.7 Å². The van der Waals surface area contributed by atoms with Crippen LogP contribution in [0.1, 0.15) is 65.4 Å². The van der Waals surface area contributed by atoms with Gasteiger partial charge in [-0.05, 0) is 34.9 Å². The van der Waals surface area contributed by atoms with Gasteiger partial charge in [0.05, 0.1) is 5.75 Å². The Bertz CT molecular complexity index is 762. The van der Waals surface area contributed by atoms with Gasteiger partial charge < -0.3 is 9.15 Å². The zero-order valence-corrected chi connectivity index (χ0v) is 17.0. The molecule has 2 rings (SSSR count). The minimum Gasteiger partial charge on any atom is -0.480 e. The molecule has 0 saturated heterocycles. The lowest BCUT2D eigenvalue weighted by Gasteiger charge is -2.28. The molecule has 0 saturated carbocycles. The Morgan fingerprint density at radius 2 is 1.84 bits per heavy atom. The first-order valence-electron chi connectivity index (χ1n) is 8.57.